The fourth-order valence-corrected chi connectivity index (χ4v) is 1.95. The van der Waals surface area contributed by atoms with Gasteiger partial charge in [0.2, 0.25) is 0 Å². The highest BCUT2D eigenvalue weighted by Crippen LogP contribution is 2.30. The number of benzene rings is 1. The predicted octanol–water partition coefficient (Wildman–Crippen LogP) is 1.32. The average molecular weight is 250 g/mol. The maximum absolute atomic E-state index is 11.3. The number of carbonyl (C=O) groups is 1. The maximum atomic E-state index is 11.3. The molecule has 0 bridgehead atoms. The third kappa shape index (κ3) is 2.56. The Labute approximate surface area is 102 Å². The van der Waals surface area contributed by atoms with E-state index in [1.807, 2.05) is 0 Å². The van der Waals surface area contributed by atoms with Gasteiger partial charge < -0.3 is 10.5 Å². The number of rotatable bonds is 3. The first kappa shape index (κ1) is 11.5. The van der Waals surface area contributed by atoms with Gasteiger partial charge in [0, 0.05) is 10.6 Å². The highest BCUT2D eigenvalue weighted by molar-refractivity contribution is 7.99. The molecular formula is C10H10N4O2S. The molecule has 2 aromatic rings. The minimum Gasteiger partial charge on any atom is -0.465 e. The van der Waals surface area contributed by atoms with Crippen molar-refractivity contribution < 1.29 is 9.53 Å². The molecule has 1 heterocycles. The number of esters is 1. The summed E-state index contributed by atoms with van der Waals surface area (Å²) in [6, 6.07) is 4.97. The number of ether oxygens (including phenoxy) is 1. The zero-order valence-corrected chi connectivity index (χ0v) is 9.82. The molecule has 0 aliphatic heterocycles. The van der Waals surface area contributed by atoms with E-state index in [2.05, 4.69) is 19.9 Å². The summed E-state index contributed by atoms with van der Waals surface area (Å²) in [6.45, 7) is 0. The molecular weight excluding hydrogens is 240 g/mol. The number of hydrogen-bond donors (Lipinski definition) is 2. The molecule has 7 heteroatoms. The highest BCUT2D eigenvalue weighted by atomic mass is 32.2. The first-order valence-electron chi connectivity index (χ1n) is 4.72. The summed E-state index contributed by atoms with van der Waals surface area (Å²) < 4.78 is 4.61. The Morgan fingerprint density at radius 3 is 2.94 bits per heavy atom. The van der Waals surface area contributed by atoms with Crippen molar-refractivity contribution in [3.8, 4) is 0 Å². The number of nitrogens with one attached hydrogen (secondary N) is 1. The molecule has 88 valence electrons. The lowest BCUT2D eigenvalue weighted by Gasteiger charge is -2.05. The number of carbonyl (C=O) groups excluding carboxylic acids is 1. The molecule has 3 N–H and O–H groups in total. The average Bonchev–Trinajstić information content (AvgIpc) is 2.83. The summed E-state index contributed by atoms with van der Waals surface area (Å²) in [5.41, 5.74) is 6.76. The van der Waals surface area contributed by atoms with Crippen LogP contribution in [0.25, 0.3) is 0 Å². The van der Waals surface area contributed by atoms with Crippen LogP contribution in [0, 0.1) is 0 Å². The van der Waals surface area contributed by atoms with Crippen LogP contribution in [-0.2, 0) is 4.74 Å². The van der Waals surface area contributed by atoms with Crippen molar-refractivity contribution in [2.75, 3.05) is 12.8 Å². The van der Waals surface area contributed by atoms with Gasteiger partial charge in [-0.15, -0.1) is 0 Å². The number of aromatic amines is 1. The van der Waals surface area contributed by atoms with E-state index in [9.17, 15) is 4.79 Å². The van der Waals surface area contributed by atoms with Crippen LogP contribution in [0.4, 0.5) is 5.69 Å². The van der Waals surface area contributed by atoms with Gasteiger partial charge in [-0.2, -0.15) is 5.10 Å². The molecule has 0 atom stereocenters. The molecule has 1 aromatic carbocycles. The lowest BCUT2D eigenvalue weighted by Crippen LogP contribution is -2.02. The summed E-state index contributed by atoms with van der Waals surface area (Å²) in [5, 5.41) is 7.09. The molecule has 0 aliphatic rings. The number of methoxy groups -OCH3 is 1. The Hall–Kier alpha value is -2.02. The van der Waals surface area contributed by atoms with Crippen molar-refractivity contribution in [3.63, 3.8) is 0 Å². The molecule has 6 nitrogen and oxygen atoms in total. The van der Waals surface area contributed by atoms with E-state index < -0.39 is 5.97 Å². The van der Waals surface area contributed by atoms with Crippen LogP contribution < -0.4 is 5.73 Å². The monoisotopic (exact) mass is 250 g/mol. The van der Waals surface area contributed by atoms with Crippen molar-refractivity contribution in [2.45, 2.75) is 10.1 Å². The Morgan fingerprint density at radius 1 is 1.53 bits per heavy atom. The zero-order chi connectivity index (χ0) is 12.3. The molecule has 1 aromatic heterocycles. The van der Waals surface area contributed by atoms with Crippen molar-refractivity contribution in [1.82, 2.24) is 15.2 Å². The third-order valence-corrected chi connectivity index (χ3v) is 3.01. The molecule has 0 unspecified atom stereocenters. The van der Waals surface area contributed by atoms with Crippen molar-refractivity contribution in [1.29, 1.82) is 0 Å². The van der Waals surface area contributed by atoms with E-state index in [0.29, 0.717) is 16.4 Å². The number of anilines is 1. The van der Waals surface area contributed by atoms with Crippen LogP contribution in [0.2, 0.25) is 0 Å². The van der Waals surface area contributed by atoms with Gasteiger partial charge in [-0.05, 0) is 30.0 Å². The van der Waals surface area contributed by atoms with Crippen LogP contribution in [0.1, 0.15) is 10.4 Å². The molecule has 0 saturated heterocycles. The smallest absolute Gasteiger partial charge is 0.337 e. The quantitative estimate of drug-likeness (QED) is 0.630. The SMILES string of the molecule is COC(=O)c1ccc(Sc2ncn[nH]2)c(N)c1. The fraction of sp³-hybridized carbons (Fsp3) is 0.100. The number of nitrogens with zero attached hydrogens (tertiary/aromatic N) is 2. The first-order valence-corrected chi connectivity index (χ1v) is 5.53. The second kappa shape index (κ2) is 4.88. The number of hydrogen-bond acceptors (Lipinski definition) is 6. The molecule has 0 saturated carbocycles. The fourth-order valence-electron chi connectivity index (χ4n) is 1.23. The van der Waals surface area contributed by atoms with E-state index in [1.54, 1.807) is 18.2 Å². The lowest BCUT2D eigenvalue weighted by molar-refractivity contribution is 0.0600. The minimum absolute atomic E-state index is 0.409. The zero-order valence-electron chi connectivity index (χ0n) is 9.01. The van der Waals surface area contributed by atoms with Gasteiger partial charge in [0.1, 0.15) is 6.33 Å². The third-order valence-electron chi connectivity index (χ3n) is 2.03. The molecule has 2 rings (SSSR count). The molecule has 0 spiro atoms. The van der Waals surface area contributed by atoms with Crippen LogP contribution in [0.5, 0.6) is 0 Å². The Balaban J connectivity index is 2.23. The van der Waals surface area contributed by atoms with Crippen molar-refractivity contribution in [2.24, 2.45) is 0 Å². The summed E-state index contributed by atoms with van der Waals surface area (Å²) in [7, 11) is 1.33. The molecule has 0 aliphatic carbocycles. The summed E-state index contributed by atoms with van der Waals surface area (Å²) in [5.74, 6) is -0.409. The Bertz CT molecular complexity index is 527. The maximum Gasteiger partial charge on any atom is 0.337 e. The normalized spacial score (nSPS) is 10.2. The van der Waals surface area contributed by atoms with Crippen LogP contribution in [0.3, 0.4) is 0 Å². The number of H-pyrrole nitrogens is 1. The Kier molecular flexibility index (Phi) is 3.29. The lowest BCUT2D eigenvalue weighted by atomic mass is 10.2. The molecule has 0 amide bonds. The summed E-state index contributed by atoms with van der Waals surface area (Å²) >= 11 is 1.34. The van der Waals surface area contributed by atoms with Crippen LogP contribution in [-0.4, -0.2) is 28.3 Å². The highest BCUT2D eigenvalue weighted by Gasteiger charge is 2.09. The summed E-state index contributed by atoms with van der Waals surface area (Å²) in [4.78, 5) is 16.1. The second-order valence-electron chi connectivity index (χ2n) is 3.14. The largest absolute Gasteiger partial charge is 0.465 e. The van der Waals surface area contributed by atoms with Gasteiger partial charge in [-0.25, -0.2) is 9.78 Å². The second-order valence-corrected chi connectivity index (χ2v) is 4.17. The van der Waals surface area contributed by atoms with E-state index in [0.717, 1.165) is 4.90 Å². The van der Waals surface area contributed by atoms with Crippen molar-refractivity contribution >= 4 is 23.4 Å². The van der Waals surface area contributed by atoms with Gasteiger partial charge in [0.15, 0.2) is 5.16 Å². The number of aromatic nitrogens is 3. The van der Waals surface area contributed by atoms with Gasteiger partial charge >= 0.3 is 5.97 Å². The minimum atomic E-state index is -0.409. The van der Waals surface area contributed by atoms with Gasteiger partial charge in [-0.3, -0.25) is 5.10 Å². The Morgan fingerprint density at radius 2 is 2.35 bits per heavy atom. The molecule has 17 heavy (non-hydrogen) atoms. The van der Waals surface area contributed by atoms with Crippen LogP contribution in [0.15, 0.2) is 34.6 Å². The van der Waals surface area contributed by atoms with E-state index in [4.69, 9.17) is 5.73 Å². The number of nitrogens with two attached hydrogens (primary N) is 1. The van der Waals surface area contributed by atoms with E-state index in [-0.39, 0.29) is 0 Å². The van der Waals surface area contributed by atoms with Gasteiger partial charge in [-0.1, -0.05) is 0 Å². The van der Waals surface area contributed by atoms with E-state index >= 15 is 0 Å². The molecule has 0 fully saturated rings. The summed E-state index contributed by atoms with van der Waals surface area (Å²) in [6.07, 6.45) is 1.42. The van der Waals surface area contributed by atoms with Crippen LogP contribution >= 0.6 is 11.8 Å². The number of nitrogen functional groups attached to an aromatic ring is 1. The predicted molar refractivity (Wildman–Crippen MR) is 62.7 cm³/mol. The van der Waals surface area contributed by atoms with Gasteiger partial charge in [0.05, 0.1) is 12.7 Å². The van der Waals surface area contributed by atoms with Gasteiger partial charge in [0.25, 0.3) is 0 Å². The first-order chi connectivity index (χ1) is 8.20. The van der Waals surface area contributed by atoms with E-state index in [1.165, 1.54) is 25.2 Å². The topological polar surface area (TPSA) is 93.9 Å². The molecule has 0 radical (unpaired) electrons. The standard InChI is InChI=1S/C10H10N4O2S/c1-16-9(15)6-2-3-8(7(11)4-6)17-10-12-5-13-14-10/h2-5H,11H2,1H3,(H,12,13,14). The van der Waals surface area contributed by atoms with Crippen molar-refractivity contribution in [3.05, 3.63) is 30.1 Å².